The van der Waals surface area contributed by atoms with Crippen LogP contribution in [-0.4, -0.2) is 20.6 Å². The standard InChI is InChI=1S/C11H15FN2/c1-14(2)11-7-13-6-8-5-9(12)3-4-10(8)11/h3-5,11,13H,6-7H2,1-2H3/p+2/t11-/m0/s1. The Labute approximate surface area is 83.7 Å². The molecule has 2 nitrogen and oxygen atoms in total. The van der Waals surface area contributed by atoms with Crippen LogP contribution in [0.1, 0.15) is 17.2 Å². The maximum Gasteiger partial charge on any atom is 0.163 e. The predicted molar refractivity (Wildman–Crippen MR) is 52.4 cm³/mol. The third kappa shape index (κ3) is 1.65. The summed E-state index contributed by atoms with van der Waals surface area (Å²) in [5.41, 5.74) is 2.47. The summed E-state index contributed by atoms with van der Waals surface area (Å²) in [6, 6.07) is 5.68. The summed E-state index contributed by atoms with van der Waals surface area (Å²) in [5.74, 6) is -0.119. The van der Waals surface area contributed by atoms with E-state index >= 15 is 0 Å². The van der Waals surface area contributed by atoms with Gasteiger partial charge in [-0.15, -0.1) is 0 Å². The van der Waals surface area contributed by atoms with Crippen LogP contribution in [0.4, 0.5) is 4.39 Å². The highest BCUT2D eigenvalue weighted by Gasteiger charge is 2.27. The van der Waals surface area contributed by atoms with E-state index in [1.807, 2.05) is 6.07 Å². The van der Waals surface area contributed by atoms with E-state index in [2.05, 4.69) is 19.4 Å². The minimum absolute atomic E-state index is 0.119. The highest BCUT2D eigenvalue weighted by atomic mass is 19.1. The lowest BCUT2D eigenvalue weighted by Crippen LogP contribution is -3.10. The molecule has 0 radical (unpaired) electrons. The first-order valence-corrected chi connectivity index (χ1v) is 5.08. The van der Waals surface area contributed by atoms with Gasteiger partial charge in [0.2, 0.25) is 0 Å². The van der Waals surface area contributed by atoms with E-state index in [1.54, 1.807) is 12.1 Å². The second-order valence-electron chi connectivity index (χ2n) is 4.20. The molecule has 0 spiro atoms. The summed E-state index contributed by atoms with van der Waals surface area (Å²) < 4.78 is 13.0. The summed E-state index contributed by atoms with van der Waals surface area (Å²) >= 11 is 0. The van der Waals surface area contributed by atoms with Crippen molar-refractivity contribution in [2.45, 2.75) is 12.6 Å². The minimum Gasteiger partial charge on any atom is -0.337 e. The summed E-state index contributed by atoms with van der Waals surface area (Å²) in [6.45, 7) is 2.01. The predicted octanol–water partition coefficient (Wildman–Crippen LogP) is -0.912. The number of rotatable bonds is 1. The van der Waals surface area contributed by atoms with E-state index in [0.29, 0.717) is 6.04 Å². The first kappa shape index (κ1) is 9.62. The molecule has 3 N–H and O–H groups in total. The molecule has 0 bridgehead atoms. The third-order valence-corrected chi connectivity index (χ3v) is 2.94. The maximum absolute atomic E-state index is 13.0. The Morgan fingerprint density at radius 3 is 2.93 bits per heavy atom. The monoisotopic (exact) mass is 196 g/mol. The summed E-state index contributed by atoms with van der Waals surface area (Å²) in [5, 5.41) is 2.25. The van der Waals surface area contributed by atoms with Gasteiger partial charge >= 0.3 is 0 Å². The Morgan fingerprint density at radius 2 is 2.21 bits per heavy atom. The zero-order valence-corrected chi connectivity index (χ0v) is 8.68. The number of nitrogens with two attached hydrogens (primary N) is 1. The normalized spacial score (nSPS) is 21.0. The first-order chi connectivity index (χ1) is 6.68. The van der Waals surface area contributed by atoms with Gasteiger partial charge in [0.25, 0.3) is 0 Å². The van der Waals surface area contributed by atoms with Crippen LogP contribution in [0.15, 0.2) is 18.2 Å². The van der Waals surface area contributed by atoms with Crippen LogP contribution in [-0.2, 0) is 6.54 Å². The van der Waals surface area contributed by atoms with Crippen LogP contribution in [0.3, 0.4) is 0 Å². The fourth-order valence-electron chi connectivity index (χ4n) is 2.17. The van der Waals surface area contributed by atoms with Gasteiger partial charge in [-0.3, -0.25) is 0 Å². The molecule has 1 atom stereocenters. The van der Waals surface area contributed by atoms with Gasteiger partial charge in [0.15, 0.2) is 6.04 Å². The molecule has 76 valence electrons. The molecule has 14 heavy (non-hydrogen) atoms. The first-order valence-electron chi connectivity index (χ1n) is 5.08. The van der Waals surface area contributed by atoms with E-state index in [4.69, 9.17) is 0 Å². The van der Waals surface area contributed by atoms with E-state index in [9.17, 15) is 4.39 Å². The Bertz CT molecular complexity index is 336. The molecular formula is C11H17FN2+2. The number of halogens is 1. The average molecular weight is 196 g/mol. The maximum atomic E-state index is 13.0. The lowest BCUT2D eigenvalue weighted by molar-refractivity contribution is -0.912. The van der Waals surface area contributed by atoms with Crippen molar-refractivity contribution < 1.29 is 14.6 Å². The second-order valence-corrected chi connectivity index (χ2v) is 4.20. The molecule has 0 saturated carbocycles. The lowest BCUT2D eigenvalue weighted by Gasteiger charge is -2.26. The van der Waals surface area contributed by atoms with Crippen LogP contribution >= 0.6 is 0 Å². The van der Waals surface area contributed by atoms with Gasteiger partial charge in [-0.25, -0.2) is 4.39 Å². The van der Waals surface area contributed by atoms with Crippen molar-refractivity contribution in [1.82, 2.24) is 0 Å². The van der Waals surface area contributed by atoms with Gasteiger partial charge in [-0.1, -0.05) is 0 Å². The number of hydrogen-bond donors (Lipinski definition) is 2. The van der Waals surface area contributed by atoms with E-state index < -0.39 is 0 Å². The molecule has 0 unspecified atom stereocenters. The molecule has 0 aliphatic carbocycles. The Kier molecular flexibility index (Phi) is 2.52. The van der Waals surface area contributed by atoms with Gasteiger partial charge in [0.05, 0.1) is 14.1 Å². The molecule has 0 amide bonds. The topological polar surface area (TPSA) is 21.1 Å². The lowest BCUT2D eigenvalue weighted by atomic mass is 9.96. The average Bonchev–Trinajstić information content (AvgIpc) is 2.16. The fourth-order valence-corrected chi connectivity index (χ4v) is 2.17. The van der Waals surface area contributed by atoms with E-state index in [1.165, 1.54) is 10.5 Å². The Morgan fingerprint density at radius 1 is 1.43 bits per heavy atom. The minimum atomic E-state index is -0.119. The van der Waals surface area contributed by atoms with Crippen molar-refractivity contribution in [1.29, 1.82) is 0 Å². The molecule has 0 saturated heterocycles. The van der Waals surface area contributed by atoms with Crippen molar-refractivity contribution in [3.63, 3.8) is 0 Å². The molecule has 3 heteroatoms. The van der Waals surface area contributed by atoms with Gasteiger partial charge in [-0.2, -0.15) is 0 Å². The smallest absolute Gasteiger partial charge is 0.163 e. The highest BCUT2D eigenvalue weighted by Crippen LogP contribution is 2.17. The molecule has 0 fully saturated rings. The molecule has 1 aromatic carbocycles. The SMILES string of the molecule is C[NH+](C)[C@H]1C[NH2+]Cc2cc(F)ccc21. The van der Waals surface area contributed by atoms with Gasteiger partial charge < -0.3 is 10.2 Å². The number of quaternary nitrogens is 2. The van der Waals surface area contributed by atoms with Crippen molar-refractivity contribution in [2.75, 3.05) is 20.6 Å². The van der Waals surface area contributed by atoms with E-state index in [0.717, 1.165) is 18.7 Å². The van der Waals surface area contributed by atoms with Gasteiger partial charge in [0, 0.05) is 11.1 Å². The van der Waals surface area contributed by atoms with E-state index in [-0.39, 0.29) is 5.82 Å². The Hall–Kier alpha value is -0.930. The van der Waals surface area contributed by atoms with Crippen LogP contribution in [0.2, 0.25) is 0 Å². The molecule has 1 heterocycles. The summed E-state index contributed by atoms with van der Waals surface area (Å²) in [7, 11) is 4.30. The third-order valence-electron chi connectivity index (χ3n) is 2.94. The van der Waals surface area contributed by atoms with Gasteiger partial charge in [-0.05, 0) is 18.2 Å². The molecule has 2 rings (SSSR count). The highest BCUT2D eigenvalue weighted by molar-refractivity contribution is 5.30. The van der Waals surface area contributed by atoms with Crippen LogP contribution in [0.25, 0.3) is 0 Å². The van der Waals surface area contributed by atoms with Crippen molar-refractivity contribution in [2.24, 2.45) is 0 Å². The molecule has 0 aromatic heterocycles. The van der Waals surface area contributed by atoms with Gasteiger partial charge in [0.1, 0.15) is 18.9 Å². The number of benzene rings is 1. The molecule has 1 aliphatic heterocycles. The van der Waals surface area contributed by atoms with Crippen molar-refractivity contribution in [3.8, 4) is 0 Å². The zero-order valence-electron chi connectivity index (χ0n) is 8.68. The van der Waals surface area contributed by atoms with Crippen molar-refractivity contribution in [3.05, 3.63) is 35.1 Å². The summed E-state index contributed by atoms with van der Waals surface area (Å²) in [6.07, 6.45) is 0. The number of nitrogens with one attached hydrogen (secondary N) is 1. The fraction of sp³-hybridized carbons (Fsp3) is 0.455. The Balaban J connectivity index is 2.40. The largest absolute Gasteiger partial charge is 0.337 e. The van der Waals surface area contributed by atoms with Crippen molar-refractivity contribution >= 4 is 0 Å². The number of hydrogen-bond acceptors (Lipinski definition) is 0. The second kappa shape index (κ2) is 3.67. The molecular weight excluding hydrogens is 179 g/mol. The summed E-state index contributed by atoms with van der Waals surface area (Å²) in [4.78, 5) is 1.41. The molecule has 1 aliphatic rings. The van der Waals surface area contributed by atoms with Crippen LogP contribution in [0, 0.1) is 5.82 Å². The zero-order chi connectivity index (χ0) is 10.1. The quantitative estimate of drug-likeness (QED) is 0.580. The number of fused-ring (bicyclic) bond motifs is 1. The van der Waals surface area contributed by atoms with Crippen LogP contribution < -0.4 is 10.2 Å². The molecule has 1 aromatic rings. The number of likely N-dealkylation sites (N-methyl/N-ethyl adjacent to an activating group) is 1. The van der Waals surface area contributed by atoms with Crippen LogP contribution in [0.5, 0.6) is 0 Å².